The lowest BCUT2D eigenvalue weighted by Crippen LogP contribution is -2.66. The lowest BCUT2D eigenvalue weighted by molar-refractivity contribution is -0.384. The summed E-state index contributed by atoms with van der Waals surface area (Å²) in [6, 6.07) is 86.9. The molecule has 0 aromatic heterocycles. The highest BCUT2D eigenvalue weighted by molar-refractivity contribution is 5.66. The number of carbonyl (C=O) groups is 1. The van der Waals surface area contributed by atoms with Crippen molar-refractivity contribution in [2.24, 2.45) is 11.8 Å². The molecular formula is C84H89FO16. The molecule has 101 heavy (non-hydrogen) atoms. The van der Waals surface area contributed by atoms with Crippen molar-refractivity contribution >= 4 is 5.97 Å². The van der Waals surface area contributed by atoms with Crippen molar-refractivity contribution < 1.29 is 80.6 Å². The van der Waals surface area contributed by atoms with Gasteiger partial charge >= 0.3 is 5.97 Å². The van der Waals surface area contributed by atoms with Crippen molar-refractivity contribution in [1.82, 2.24) is 0 Å². The Kier molecular flexibility index (Phi) is 27.5. The van der Waals surface area contributed by atoms with Crippen LogP contribution in [0, 0.1) is 11.8 Å². The molecule has 17 heteroatoms. The molecule has 16 atom stereocenters. The smallest absolute Gasteiger partial charge is 0.302 e. The Hall–Kier alpha value is -8.18. The van der Waals surface area contributed by atoms with E-state index in [1.807, 2.05) is 273 Å². The molecule has 3 aliphatic rings. The largest absolute Gasteiger partial charge is 0.461 e. The van der Waals surface area contributed by atoms with Crippen LogP contribution >= 0.6 is 0 Å². The van der Waals surface area contributed by atoms with E-state index in [0.717, 1.165) is 50.1 Å². The van der Waals surface area contributed by atoms with Crippen molar-refractivity contribution in [1.29, 1.82) is 0 Å². The molecule has 9 aromatic rings. The third-order valence-electron chi connectivity index (χ3n) is 18.2. The molecule has 0 bridgehead atoms. The Balaban J connectivity index is 0.970. The molecular weight excluding hydrogens is 1280 g/mol. The van der Waals surface area contributed by atoms with E-state index in [2.05, 4.69) is 0 Å². The highest BCUT2D eigenvalue weighted by atomic mass is 19.1. The van der Waals surface area contributed by atoms with Gasteiger partial charge in [-0.05, 0) is 50.1 Å². The number of aliphatic hydroxyl groups is 1. The molecule has 2 aliphatic heterocycles. The van der Waals surface area contributed by atoms with E-state index in [1.54, 1.807) is 0 Å². The van der Waals surface area contributed by atoms with Crippen molar-refractivity contribution in [3.05, 3.63) is 323 Å². The number of hydrogen-bond acceptors (Lipinski definition) is 16. The van der Waals surface area contributed by atoms with Crippen LogP contribution in [0.5, 0.6) is 0 Å². The first kappa shape index (κ1) is 72.6. The highest BCUT2D eigenvalue weighted by Crippen LogP contribution is 2.44. The Morgan fingerprint density at radius 3 is 0.980 bits per heavy atom. The van der Waals surface area contributed by atoms with Gasteiger partial charge in [0.15, 0.2) is 12.6 Å². The van der Waals surface area contributed by atoms with Gasteiger partial charge in [-0.25, -0.2) is 4.39 Å². The first-order chi connectivity index (χ1) is 49.8. The summed E-state index contributed by atoms with van der Waals surface area (Å²) in [5.74, 6) is -2.64. The van der Waals surface area contributed by atoms with E-state index in [1.165, 1.54) is 6.92 Å². The molecule has 10 unspecified atom stereocenters. The van der Waals surface area contributed by atoms with Gasteiger partial charge in [0, 0.05) is 12.8 Å². The standard InChI is InChI=1S/C84H89FO16/c1-59(86)97-73-69(56-88-47-60-29-11-2-12-30-60)74(91-50-63-35-17-5-18-36-63)77(94-53-66-41-23-8-24-42-66)72(73)83(87)100-81-79(96-55-68-45-27-10-28-46-68)76(93-52-65-39-21-7-22-40-65)71(58-90-49-62-33-15-4-16-34-62)99-84(81)101-80-78(95-54-67-43-25-9-26-44-67)75(92-51-64-37-19-6-20-38-64)70(98-82(80)85)57-89-48-61-31-13-3-14-32-61/h2-46,69-84,87H,47-58H2,1H3/t69?,70?,71?,72?,73?,74-,75-,76+,77?,78?,79?,80?,81?,82+,83-,84-/m1/s1. The summed E-state index contributed by atoms with van der Waals surface area (Å²) >= 11 is 0. The molecule has 1 N–H and O–H groups in total. The quantitative estimate of drug-likeness (QED) is 0.0291. The van der Waals surface area contributed by atoms with Crippen molar-refractivity contribution in [3.63, 3.8) is 0 Å². The second-order valence-corrected chi connectivity index (χ2v) is 25.5. The van der Waals surface area contributed by atoms with Crippen LogP contribution in [-0.4, -0.2) is 117 Å². The van der Waals surface area contributed by atoms with Crippen LogP contribution in [-0.2, 0) is 131 Å². The lowest BCUT2D eigenvalue weighted by Gasteiger charge is -2.49. The van der Waals surface area contributed by atoms with Crippen LogP contribution in [0.25, 0.3) is 0 Å². The first-order valence-electron chi connectivity index (χ1n) is 34.7. The zero-order chi connectivity index (χ0) is 69.2. The summed E-state index contributed by atoms with van der Waals surface area (Å²) in [5.41, 5.74) is 7.70. The Morgan fingerprint density at radius 2 is 0.634 bits per heavy atom. The van der Waals surface area contributed by atoms with Gasteiger partial charge in [0.05, 0.1) is 97.4 Å². The van der Waals surface area contributed by atoms with E-state index in [0.29, 0.717) is 0 Å². The second kappa shape index (κ2) is 38.2. The van der Waals surface area contributed by atoms with Crippen LogP contribution in [0.1, 0.15) is 57.0 Å². The number of alkyl halides is 1. The fourth-order valence-electron chi connectivity index (χ4n) is 13.2. The molecule has 1 saturated carbocycles. The third-order valence-corrected chi connectivity index (χ3v) is 18.2. The van der Waals surface area contributed by atoms with Gasteiger partial charge < -0.3 is 71.4 Å². The van der Waals surface area contributed by atoms with Crippen LogP contribution in [0.15, 0.2) is 273 Å². The highest BCUT2D eigenvalue weighted by Gasteiger charge is 2.60. The van der Waals surface area contributed by atoms with Gasteiger partial charge in [-0.15, -0.1) is 0 Å². The van der Waals surface area contributed by atoms with Crippen LogP contribution in [0.2, 0.25) is 0 Å². The number of hydrogen-bond donors (Lipinski definition) is 1. The summed E-state index contributed by atoms with van der Waals surface area (Å²) in [6.45, 7) is 2.07. The third kappa shape index (κ3) is 21.0. The number of carbonyl (C=O) groups excluding carboxylic acids is 1. The Labute approximate surface area is 591 Å². The number of benzene rings is 9. The summed E-state index contributed by atoms with van der Waals surface area (Å²) in [7, 11) is 0. The van der Waals surface area contributed by atoms with Gasteiger partial charge in [-0.3, -0.25) is 4.79 Å². The zero-order valence-corrected chi connectivity index (χ0v) is 56.7. The molecule has 0 radical (unpaired) electrons. The molecule has 2 saturated heterocycles. The SMILES string of the molecule is CC(=O)OC1C(COCc2ccccc2)[C@@H](OCc2ccccc2)C(OCc2ccccc2)C1[C@H](O)OC1C(OCc2ccccc2)[C@@H](OCc2ccccc2)C(COCc2ccccc2)O[C@@H]1OC1C(OCc2ccccc2)[C@H](OCc2ccccc2)C(COCc2ccccc2)O[C@@H]1F. The number of esters is 1. The minimum Gasteiger partial charge on any atom is -0.461 e. The summed E-state index contributed by atoms with van der Waals surface area (Å²) < 4.78 is 115. The minimum absolute atomic E-state index is 0.00238. The fourth-order valence-corrected chi connectivity index (χ4v) is 13.2. The molecule has 0 amide bonds. The fraction of sp³-hybridized carbons (Fsp3) is 0.345. The molecule has 528 valence electrons. The van der Waals surface area contributed by atoms with Gasteiger partial charge in [0.25, 0.3) is 0 Å². The summed E-state index contributed by atoms with van der Waals surface area (Å²) in [5, 5.41) is 13.8. The maximum atomic E-state index is 18.4. The van der Waals surface area contributed by atoms with Gasteiger partial charge in [0.1, 0.15) is 54.9 Å². The van der Waals surface area contributed by atoms with E-state index in [-0.39, 0.29) is 79.3 Å². The maximum Gasteiger partial charge on any atom is 0.302 e. The van der Waals surface area contributed by atoms with Gasteiger partial charge in [-0.1, -0.05) is 273 Å². The number of halogens is 1. The van der Waals surface area contributed by atoms with Gasteiger partial charge in [0.2, 0.25) is 6.36 Å². The zero-order valence-electron chi connectivity index (χ0n) is 56.7. The van der Waals surface area contributed by atoms with Crippen LogP contribution in [0.4, 0.5) is 4.39 Å². The normalized spacial score (nSPS) is 25.3. The van der Waals surface area contributed by atoms with Crippen LogP contribution < -0.4 is 0 Å². The number of ether oxygens (including phenoxy) is 14. The monoisotopic (exact) mass is 1370 g/mol. The average molecular weight is 1370 g/mol. The topological polar surface area (TPSA) is 167 Å². The first-order valence-corrected chi connectivity index (χ1v) is 34.7. The Bertz CT molecular complexity index is 3770. The number of rotatable bonds is 36. The molecule has 0 spiro atoms. The van der Waals surface area contributed by atoms with Crippen molar-refractivity contribution in [2.45, 2.75) is 152 Å². The molecule has 1 aliphatic carbocycles. The number of aliphatic hydroxyl groups excluding tert-OH is 1. The van der Waals surface area contributed by atoms with Crippen molar-refractivity contribution in [2.75, 3.05) is 19.8 Å². The summed E-state index contributed by atoms with van der Waals surface area (Å²) in [6.07, 6.45) is -18.8. The van der Waals surface area contributed by atoms with Crippen molar-refractivity contribution in [3.8, 4) is 0 Å². The summed E-state index contributed by atoms with van der Waals surface area (Å²) in [4.78, 5) is 13.8. The maximum absolute atomic E-state index is 18.4. The average Bonchev–Trinajstić information content (AvgIpc) is 1.70. The van der Waals surface area contributed by atoms with E-state index in [4.69, 9.17) is 66.3 Å². The molecule has 2 heterocycles. The van der Waals surface area contributed by atoms with E-state index >= 15 is 4.39 Å². The molecule has 12 rings (SSSR count). The molecule has 3 fully saturated rings. The second-order valence-electron chi connectivity index (χ2n) is 25.5. The van der Waals surface area contributed by atoms with Crippen LogP contribution in [0.3, 0.4) is 0 Å². The van der Waals surface area contributed by atoms with E-state index in [9.17, 15) is 9.90 Å². The molecule has 9 aromatic carbocycles. The predicted octanol–water partition coefficient (Wildman–Crippen LogP) is 13.8. The van der Waals surface area contributed by atoms with E-state index < -0.39 is 104 Å². The minimum atomic E-state index is -2.23. The van der Waals surface area contributed by atoms with Gasteiger partial charge in [-0.2, -0.15) is 0 Å². The predicted molar refractivity (Wildman–Crippen MR) is 375 cm³/mol. The molecule has 16 nitrogen and oxygen atoms in total. The Morgan fingerprint density at radius 1 is 0.347 bits per heavy atom. The lowest BCUT2D eigenvalue weighted by atomic mass is 9.95.